The van der Waals surface area contributed by atoms with Gasteiger partial charge in [0.2, 0.25) is 5.95 Å². The fourth-order valence-corrected chi connectivity index (χ4v) is 3.62. The van der Waals surface area contributed by atoms with Crippen LogP contribution in [0.2, 0.25) is 0 Å². The maximum absolute atomic E-state index is 13.1. The summed E-state index contributed by atoms with van der Waals surface area (Å²) in [7, 11) is 1.95. The van der Waals surface area contributed by atoms with Gasteiger partial charge in [0.1, 0.15) is 5.82 Å². The molecular weight excluding hydrogens is 393 g/mol. The number of piperidine rings is 1. The maximum Gasteiger partial charge on any atom is 0.416 e. The van der Waals surface area contributed by atoms with Gasteiger partial charge in [-0.2, -0.15) is 18.2 Å². The van der Waals surface area contributed by atoms with Crippen LogP contribution in [0.5, 0.6) is 0 Å². The summed E-state index contributed by atoms with van der Waals surface area (Å²) in [6.45, 7) is 3.82. The van der Waals surface area contributed by atoms with Crippen LogP contribution >= 0.6 is 0 Å². The molecule has 2 heterocycles. The van der Waals surface area contributed by atoms with Crippen LogP contribution in [-0.2, 0) is 12.6 Å². The van der Waals surface area contributed by atoms with E-state index < -0.39 is 11.7 Å². The summed E-state index contributed by atoms with van der Waals surface area (Å²) in [5, 5.41) is 6.25. The predicted molar refractivity (Wildman–Crippen MR) is 114 cm³/mol. The van der Waals surface area contributed by atoms with Gasteiger partial charge >= 0.3 is 6.18 Å². The Labute approximate surface area is 175 Å². The number of alkyl halides is 3. The Bertz CT molecular complexity index is 855. The molecule has 1 aliphatic rings. The van der Waals surface area contributed by atoms with Crippen LogP contribution in [0, 0.1) is 0 Å². The summed E-state index contributed by atoms with van der Waals surface area (Å²) in [6.07, 6.45) is 0.469. The number of hydrogen-bond donors (Lipinski definition) is 3. The molecule has 0 radical (unpaired) electrons. The van der Waals surface area contributed by atoms with Gasteiger partial charge in [0.15, 0.2) is 0 Å². The maximum atomic E-state index is 13.1. The lowest BCUT2D eigenvalue weighted by molar-refractivity contribution is -0.137. The van der Waals surface area contributed by atoms with Gasteiger partial charge in [0.25, 0.3) is 0 Å². The van der Waals surface area contributed by atoms with Crippen LogP contribution in [-0.4, -0.2) is 36.1 Å². The first-order chi connectivity index (χ1) is 14.3. The van der Waals surface area contributed by atoms with Crippen LogP contribution in [0.4, 0.5) is 36.3 Å². The van der Waals surface area contributed by atoms with Crippen molar-refractivity contribution in [1.82, 2.24) is 15.3 Å². The fourth-order valence-electron chi connectivity index (χ4n) is 3.62. The van der Waals surface area contributed by atoms with Crippen LogP contribution < -0.4 is 21.3 Å². The van der Waals surface area contributed by atoms with E-state index >= 15 is 0 Å². The molecule has 30 heavy (non-hydrogen) atoms. The molecule has 6 nitrogen and oxygen atoms in total. The Kier molecular flexibility index (Phi) is 7.02. The molecule has 9 heteroatoms. The van der Waals surface area contributed by atoms with Crippen LogP contribution in [0.15, 0.2) is 24.3 Å². The number of benzene rings is 1. The zero-order valence-corrected chi connectivity index (χ0v) is 17.4. The molecule has 1 saturated heterocycles. The summed E-state index contributed by atoms with van der Waals surface area (Å²) >= 11 is 0. The lowest BCUT2D eigenvalue weighted by atomic mass is 10.1. The quantitative estimate of drug-likeness (QED) is 0.576. The second-order valence-electron chi connectivity index (χ2n) is 7.68. The van der Waals surface area contributed by atoms with Crippen LogP contribution in [0.3, 0.4) is 0 Å². The topological polar surface area (TPSA) is 79.1 Å². The summed E-state index contributed by atoms with van der Waals surface area (Å²) < 4.78 is 39.4. The molecule has 1 atom stereocenters. The number of likely N-dealkylation sites (N-methyl/N-ethyl adjacent to an activating group) is 1. The SMILES string of the molecule is CCCCc1cc(N2CCC[C@@H](NC)C2)nc(Nc2cc(N)cc(C(F)(F)F)c2)n1. The van der Waals surface area contributed by atoms with E-state index in [-0.39, 0.29) is 17.3 Å². The fraction of sp³-hybridized carbons (Fsp3) is 0.524. The molecule has 0 amide bonds. The molecular formula is C21H29F3N6. The number of anilines is 4. The van der Waals surface area contributed by atoms with E-state index in [1.165, 1.54) is 6.07 Å². The molecule has 164 valence electrons. The first-order valence-corrected chi connectivity index (χ1v) is 10.3. The number of nitrogens with two attached hydrogens (primary N) is 1. The zero-order chi connectivity index (χ0) is 21.7. The van der Waals surface area contributed by atoms with E-state index in [1.54, 1.807) is 0 Å². The molecule has 1 aromatic heterocycles. The van der Waals surface area contributed by atoms with Gasteiger partial charge in [-0.15, -0.1) is 0 Å². The normalized spacial score (nSPS) is 17.2. The molecule has 3 rings (SSSR count). The van der Waals surface area contributed by atoms with Crippen molar-refractivity contribution >= 4 is 23.1 Å². The average Bonchev–Trinajstić information content (AvgIpc) is 2.71. The van der Waals surface area contributed by atoms with Gasteiger partial charge in [-0.3, -0.25) is 0 Å². The molecule has 2 aromatic rings. The summed E-state index contributed by atoms with van der Waals surface area (Å²) in [6, 6.07) is 5.76. The van der Waals surface area contributed by atoms with Gasteiger partial charge < -0.3 is 21.3 Å². The van der Waals surface area contributed by atoms with E-state index in [2.05, 4.69) is 32.4 Å². The third kappa shape index (κ3) is 5.75. The van der Waals surface area contributed by atoms with E-state index in [0.29, 0.717) is 6.04 Å². The third-order valence-electron chi connectivity index (χ3n) is 5.24. The summed E-state index contributed by atoms with van der Waals surface area (Å²) in [5.41, 5.74) is 6.00. The molecule has 0 saturated carbocycles. The molecule has 1 fully saturated rings. The standard InChI is InChI=1S/C21H29F3N6/c1-3-4-6-16-12-19(30-8-5-7-17(13-30)26-2)29-20(27-16)28-18-10-14(21(22,23)24)9-15(25)11-18/h9-12,17,26H,3-8,13,25H2,1-2H3,(H,27,28,29)/t17-/m1/s1. The minimum absolute atomic E-state index is 0.0302. The van der Waals surface area contributed by atoms with Gasteiger partial charge in [0.05, 0.1) is 5.56 Å². The second-order valence-corrected chi connectivity index (χ2v) is 7.68. The Morgan fingerprint density at radius 2 is 2.00 bits per heavy atom. The molecule has 0 aliphatic carbocycles. The number of nitrogen functional groups attached to an aromatic ring is 1. The van der Waals surface area contributed by atoms with Crippen LogP contribution in [0.25, 0.3) is 0 Å². The average molecular weight is 422 g/mol. The molecule has 4 N–H and O–H groups in total. The number of halogens is 3. The number of aromatic nitrogens is 2. The van der Waals surface area contributed by atoms with Crippen molar-refractivity contribution in [3.05, 3.63) is 35.5 Å². The summed E-state index contributed by atoms with van der Waals surface area (Å²) in [4.78, 5) is 11.3. The smallest absolute Gasteiger partial charge is 0.399 e. The van der Waals surface area contributed by atoms with Crippen molar-refractivity contribution in [2.24, 2.45) is 0 Å². The Balaban J connectivity index is 1.91. The van der Waals surface area contributed by atoms with E-state index in [0.717, 1.165) is 68.8 Å². The van der Waals surface area contributed by atoms with E-state index in [4.69, 9.17) is 5.73 Å². The third-order valence-corrected chi connectivity index (χ3v) is 5.24. The highest BCUT2D eigenvalue weighted by Gasteiger charge is 2.31. The van der Waals surface area contributed by atoms with Crippen molar-refractivity contribution in [2.75, 3.05) is 36.1 Å². The number of aryl methyl sites for hydroxylation is 1. The van der Waals surface area contributed by atoms with Gasteiger partial charge in [0, 0.05) is 42.3 Å². The lowest BCUT2D eigenvalue weighted by Crippen LogP contribution is -2.44. The molecule has 1 aliphatic heterocycles. The highest BCUT2D eigenvalue weighted by Crippen LogP contribution is 2.33. The number of unbranched alkanes of at least 4 members (excludes halogenated alkanes) is 1. The molecule has 0 unspecified atom stereocenters. The first-order valence-electron chi connectivity index (χ1n) is 10.3. The monoisotopic (exact) mass is 422 g/mol. The van der Waals surface area contributed by atoms with E-state index in [1.807, 2.05) is 13.1 Å². The molecule has 0 spiro atoms. The van der Waals surface area contributed by atoms with Crippen LogP contribution in [0.1, 0.15) is 43.9 Å². The number of rotatable bonds is 7. The second kappa shape index (κ2) is 9.51. The van der Waals surface area contributed by atoms with Crippen molar-refractivity contribution in [3.8, 4) is 0 Å². The van der Waals surface area contributed by atoms with Gasteiger partial charge in [-0.1, -0.05) is 13.3 Å². The van der Waals surface area contributed by atoms with Crippen molar-refractivity contribution < 1.29 is 13.2 Å². The number of nitrogens with zero attached hydrogens (tertiary/aromatic N) is 3. The Morgan fingerprint density at radius 3 is 2.70 bits per heavy atom. The van der Waals surface area contributed by atoms with Crippen molar-refractivity contribution in [1.29, 1.82) is 0 Å². The van der Waals surface area contributed by atoms with Crippen molar-refractivity contribution in [3.63, 3.8) is 0 Å². The minimum atomic E-state index is -4.48. The predicted octanol–water partition coefficient (Wildman–Crippen LogP) is 4.35. The minimum Gasteiger partial charge on any atom is -0.399 e. The lowest BCUT2D eigenvalue weighted by Gasteiger charge is -2.33. The largest absolute Gasteiger partial charge is 0.416 e. The zero-order valence-electron chi connectivity index (χ0n) is 17.4. The van der Waals surface area contributed by atoms with E-state index in [9.17, 15) is 13.2 Å². The Hall–Kier alpha value is -2.55. The Morgan fingerprint density at radius 1 is 1.20 bits per heavy atom. The van der Waals surface area contributed by atoms with Gasteiger partial charge in [-0.25, -0.2) is 4.98 Å². The highest BCUT2D eigenvalue weighted by molar-refractivity contribution is 5.63. The first kappa shape index (κ1) is 22.1. The van der Waals surface area contributed by atoms with Crippen molar-refractivity contribution in [2.45, 2.75) is 51.2 Å². The number of hydrogen-bond acceptors (Lipinski definition) is 6. The molecule has 0 bridgehead atoms. The number of nitrogens with one attached hydrogen (secondary N) is 2. The highest BCUT2D eigenvalue weighted by atomic mass is 19.4. The summed E-state index contributed by atoms with van der Waals surface area (Å²) in [5.74, 6) is 1.07. The van der Waals surface area contributed by atoms with Gasteiger partial charge in [-0.05, 0) is 50.9 Å². The molecule has 1 aromatic carbocycles.